The number of carbonyl (C=O) groups excluding carboxylic acids is 2. The molecule has 0 saturated heterocycles. The lowest BCUT2D eigenvalue weighted by Crippen LogP contribution is -2.50. The molecule has 1 amide bonds. The van der Waals surface area contributed by atoms with Gasteiger partial charge in [0.1, 0.15) is 10.4 Å². The molecule has 1 atom stereocenters. The fourth-order valence-corrected chi connectivity index (χ4v) is 3.06. The molecule has 2 aromatic rings. The van der Waals surface area contributed by atoms with Gasteiger partial charge in [-0.05, 0) is 36.8 Å². The molecule has 0 aliphatic rings. The molecule has 0 aliphatic carbocycles. The van der Waals surface area contributed by atoms with Crippen LogP contribution < -0.4 is 5.32 Å². The number of esters is 1. The molecular weight excluding hydrogens is 348 g/mol. The van der Waals surface area contributed by atoms with Crippen molar-refractivity contribution in [2.24, 2.45) is 5.92 Å². The molecule has 0 bridgehead atoms. The average Bonchev–Trinajstić information content (AvgIpc) is 3.09. The van der Waals surface area contributed by atoms with Crippen LogP contribution in [0.3, 0.4) is 0 Å². The van der Waals surface area contributed by atoms with Gasteiger partial charge in [0.2, 0.25) is 0 Å². The highest BCUT2D eigenvalue weighted by molar-refractivity contribution is 7.12. The van der Waals surface area contributed by atoms with E-state index in [2.05, 4.69) is 11.4 Å². The third-order valence-electron chi connectivity index (χ3n) is 4.33. The number of ether oxygens (including phenoxy) is 1. The standard InChI is InChI=1S/C20H22N2O3S/c1-13(2)20(4,12-21)22-17(23)11-25-19(24)18-16(9-10-26-18)15-7-5-14(3)6-8-15/h5-10,13H,11H2,1-4H3,(H,22,23)/t20-/m0/s1. The summed E-state index contributed by atoms with van der Waals surface area (Å²) in [6.07, 6.45) is 0. The summed E-state index contributed by atoms with van der Waals surface area (Å²) in [4.78, 5) is 24.9. The smallest absolute Gasteiger partial charge is 0.349 e. The summed E-state index contributed by atoms with van der Waals surface area (Å²) in [7, 11) is 0. The van der Waals surface area contributed by atoms with Crippen LogP contribution in [0, 0.1) is 24.2 Å². The second kappa shape index (κ2) is 8.15. The first-order valence-electron chi connectivity index (χ1n) is 8.30. The van der Waals surface area contributed by atoms with Gasteiger partial charge in [0.25, 0.3) is 5.91 Å². The number of nitrogens with one attached hydrogen (secondary N) is 1. The SMILES string of the molecule is Cc1ccc(-c2ccsc2C(=O)OCC(=O)N[C@@](C)(C#N)C(C)C)cc1. The molecule has 26 heavy (non-hydrogen) atoms. The molecule has 6 heteroatoms. The number of rotatable bonds is 6. The highest BCUT2D eigenvalue weighted by Gasteiger charge is 2.30. The molecule has 0 saturated carbocycles. The van der Waals surface area contributed by atoms with Crippen molar-refractivity contribution in [3.63, 3.8) is 0 Å². The van der Waals surface area contributed by atoms with Gasteiger partial charge in [-0.25, -0.2) is 4.79 Å². The van der Waals surface area contributed by atoms with E-state index in [9.17, 15) is 14.9 Å². The number of thiophene rings is 1. The highest BCUT2D eigenvalue weighted by Crippen LogP contribution is 2.29. The maximum absolute atomic E-state index is 12.4. The van der Waals surface area contributed by atoms with Crippen molar-refractivity contribution in [1.29, 1.82) is 5.26 Å². The molecule has 0 unspecified atom stereocenters. The van der Waals surface area contributed by atoms with E-state index in [1.54, 1.807) is 6.92 Å². The van der Waals surface area contributed by atoms with Crippen LogP contribution in [-0.4, -0.2) is 24.0 Å². The molecule has 1 aromatic heterocycles. The maximum atomic E-state index is 12.4. The summed E-state index contributed by atoms with van der Waals surface area (Å²) in [5, 5.41) is 13.7. The molecule has 5 nitrogen and oxygen atoms in total. The predicted octanol–water partition coefficient (Wildman–Crippen LogP) is 3.93. The van der Waals surface area contributed by atoms with Crippen LogP contribution in [0.15, 0.2) is 35.7 Å². The summed E-state index contributed by atoms with van der Waals surface area (Å²) in [5.74, 6) is -1.11. The zero-order chi connectivity index (χ0) is 19.3. The van der Waals surface area contributed by atoms with Gasteiger partial charge in [-0.2, -0.15) is 5.26 Å². The molecular formula is C20H22N2O3S. The minimum atomic E-state index is -1.00. The van der Waals surface area contributed by atoms with Crippen LogP contribution >= 0.6 is 11.3 Å². The molecule has 0 fully saturated rings. The van der Waals surface area contributed by atoms with Crippen molar-refractivity contribution in [1.82, 2.24) is 5.32 Å². The van der Waals surface area contributed by atoms with Gasteiger partial charge in [0.05, 0.1) is 6.07 Å². The largest absolute Gasteiger partial charge is 0.451 e. The van der Waals surface area contributed by atoms with Crippen molar-refractivity contribution in [2.75, 3.05) is 6.61 Å². The fourth-order valence-electron chi connectivity index (χ4n) is 2.25. The van der Waals surface area contributed by atoms with E-state index in [0.717, 1.165) is 16.7 Å². The van der Waals surface area contributed by atoms with Gasteiger partial charge in [0, 0.05) is 5.56 Å². The van der Waals surface area contributed by atoms with Crippen molar-refractivity contribution >= 4 is 23.2 Å². The number of nitriles is 1. The fraction of sp³-hybridized carbons (Fsp3) is 0.350. The number of carbonyl (C=O) groups is 2. The Morgan fingerprint density at radius 1 is 1.27 bits per heavy atom. The normalized spacial score (nSPS) is 12.9. The lowest BCUT2D eigenvalue weighted by molar-refractivity contribution is -0.125. The van der Waals surface area contributed by atoms with E-state index in [4.69, 9.17) is 4.74 Å². The first kappa shape index (κ1) is 19.7. The highest BCUT2D eigenvalue weighted by atomic mass is 32.1. The Morgan fingerprint density at radius 3 is 2.50 bits per heavy atom. The summed E-state index contributed by atoms with van der Waals surface area (Å²) in [5.41, 5.74) is 1.84. The van der Waals surface area contributed by atoms with Gasteiger partial charge in [-0.3, -0.25) is 4.79 Å². The molecule has 1 aromatic carbocycles. The number of hydrogen-bond acceptors (Lipinski definition) is 5. The predicted molar refractivity (Wildman–Crippen MR) is 102 cm³/mol. The lowest BCUT2D eigenvalue weighted by atomic mass is 9.90. The number of aryl methyl sites for hydroxylation is 1. The van der Waals surface area contributed by atoms with Gasteiger partial charge in [-0.1, -0.05) is 43.7 Å². The molecule has 1 heterocycles. The molecule has 136 valence electrons. The third kappa shape index (κ3) is 4.50. The van der Waals surface area contributed by atoms with Gasteiger partial charge in [-0.15, -0.1) is 11.3 Å². The third-order valence-corrected chi connectivity index (χ3v) is 5.23. The quantitative estimate of drug-likeness (QED) is 0.781. The number of nitrogens with zero attached hydrogens (tertiary/aromatic N) is 1. The van der Waals surface area contributed by atoms with E-state index in [1.165, 1.54) is 11.3 Å². The summed E-state index contributed by atoms with van der Waals surface area (Å²) in [6, 6.07) is 11.8. The van der Waals surface area contributed by atoms with Crippen LogP contribution in [0.4, 0.5) is 0 Å². The second-order valence-corrected chi connectivity index (χ2v) is 7.54. The van der Waals surface area contributed by atoms with E-state index in [1.807, 2.05) is 56.5 Å². The Kier molecular flexibility index (Phi) is 6.17. The molecule has 0 aliphatic heterocycles. The Hall–Kier alpha value is -2.65. The summed E-state index contributed by atoms with van der Waals surface area (Å²) < 4.78 is 5.15. The van der Waals surface area contributed by atoms with Crippen LogP contribution in [0.2, 0.25) is 0 Å². The van der Waals surface area contributed by atoms with Gasteiger partial charge in [0.15, 0.2) is 6.61 Å². The van der Waals surface area contributed by atoms with Crippen molar-refractivity contribution in [2.45, 2.75) is 33.2 Å². The van der Waals surface area contributed by atoms with Crippen LogP contribution in [0.5, 0.6) is 0 Å². The van der Waals surface area contributed by atoms with E-state index in [-0.39, 0.29) is 5.92 Å². The first-order valence-corrected chi connectivity index (χ1v) is 9.18. The van der Waals surface area contributed by atoms with Crippen molar-refractivity contribution in [3.8, 4) is 17.2 Å². The Balaban J connectivity index is 2.04. The Labute approximate surface area is 157 Å². The topological polar surface area (TPSA) is 79.2 Å². The molecule has 1 N–H and O–H groups in total. The molecule has 0 radical (unpaired) electrons. The van der Waals surface area contributed by atoms with E-state index >= 15 is 0 Å². The zero-order valence-corrected chi connectivity index (χ0v) is 16.1. The Morgan fingerprint density at radius 2 is 1.92 bits per heavy atom. The first-order chi connectivity index (χ1) is 12.3. The average molecular weight is 370 g/mol. The van der Waals surface area contributed by atoms with Gasteiger partial charge >= 0.3 is 5.97 Å². The second-order valence-electron chi connectivity index (χ2n) is 6.62. The molecule has 2 rings (SSSR count). The van der Waals surface area contributed by atoms with Gasteiger partial charge < -0.3 is 10.1 Å². The monoisotopic (exact) mass is 370 g/mol. The number of amides is 1. The number of hydrogen-bond donors (Lipinski definition) is 1. The van der Waals surface area contributed by atoms with Crippen molar-refractivity contribution in [3.05, 3.63) is 46.2 Å². The summed E-state index contributed by atoms with van der Waals surface area (Å²) in [6.45, 7) is 6.90. The minimum Gasteiger partial charge on any atom is -0.451 e. The van der Waals surface area contributed by atoms with Crippen LogP contribution in [-0.2, 0) is 9.53 Å². The number of benzene rings is 1. The zero-order valence-electron chi connectivity index (χ0n) is 15.3. The maximum Gasteiger partial charge on any atom is 0.349 e. The van der Waals surface area contributed by atoms with Crippen LogP contribution in [0.25, 0.3) is 11.1 Å². The summed E-state index contributed by atoms with van der Waals surface area (Å²) >= 11 is 1.27. The van der Waals surface area contributed by atoms with Crippen LogP contribution in [0.1, 0.15) is 36.0 Å². The van der Waals surface area contributed by atoms with E-state index in [0.29, 0.717) is 4.88 Å². The lowest BCUT2D eigenvalue weighted by Gasteiger charge is -2.27. The van der Waals surface area contributed by atoms with Crippen molar-refractivity contribution < 1.29 is 14.3 Å². The Bertz CT molecular complexity index is 833. The minimum absolute atomic E-state index is 0.0717. The van der Waals surface area contributed by atoms with E-state index < -0.39 is 24.0 Å². The molecule has 0 spiro atoms.